The number of amides is 1. The molecule has 0 aliphatic carbocycles. The predicted molar refractivity (Wildman–Crippen MR) is 87.4 cm³/mol. The van der Waals surface area contributed by atoms with Crippen LogP contribution in [0.3, 0.4) is 0 Å². The Balaban J connectivity index is 2.00. The minimum Gasteiger partial charge on any atom is -0.313 e. The Hall–Kier alpha value is -1.61. The van der Waals surface area contributed by atoms with Crippen molar-refractivity contribution < 1.29 is 4.79 Å². The van der Waals surface area contributed by atoms with Crippen LogP contribution in [0.1, 0.15) is 38.3 Å². The average molecular weight is 284 g/mol. The molecule has 0 bridgehead atoms. The highest BCUT2D eigenvalue weighted by molar-refractivity contribution is 5.94. The minimum absolute atomic E-state index is 0.143. The van der Waals surface area contributed by atoms with E-state index in [9.17, 15) is 4.79 Å². The number of hydrogen-bond donors (Lipinski definition) is 1. The molecular weight excluding hydrogens is 260 g/mol. The van der Waals surface area contributed by atoms with E-state index in [1.807, 2.05) is 4.90 Å². The summed E-state index contributed by atoms with van der Waals surface area (Å²) >= 11 is 0. The van der Waals surface area contributed by atoms with E-state index in [1.165, 1.54) is 16.7 Å². The van der Waals surface area contributed by atoms with Gasteiger partial charge in [-0.15, -0.1) is 0 Å². The number of hydrogen-bond acceptors (Lipinski definition) is 2. The smallest absolute Gasteiger partial charge is 0.224 e. The number of benzene rings is 1. The van der Waals surface area contributed by atoms with Crippen LogP contribution in [0.25, 0.3) is 5.57 Å². The van der Waals surface area contributed by atoms with Crippen LogP contribution in [0.5, 0.6) is 0 Å². The van der Waals surface area contributed by atoms with Gasteiger partial charge in [-0.3, -0.25) is 4.79 Å². The van der Waals surface area contributed by atoms with Crippen molar-refractivity contribution in [2.24, 2.45) is 5.92 Å². The molecule has 1 amide bonds. The zero-order chi connectivity index (χ0) is 15.0. The fourth-order valence-corrected chi connectivity index (χ4v) is 3.52. The summed E-state index contributed by atoms with van der Waals surface area (Å²) in [4.78, 5) is 14.0. The summed E-state index contributed by atoms with van der Waals surface area (Å²) in [5, 5.41) is 3.35. The van der Waals surface area contributed by atoms with Crippen LogP contribution in [-0.4, -0.2) is 25.0 Å². The lowest BCUT2D eigenvalue weighted by Crippen LogP contribution is -2.45. The lowest BCUT2D eigenvalue weighted by Gasteiger charge is -2.39. The summed E-state index contributed by atoms with van der Waals surface area (Å²) in [6.45, 7) is 8.06. The second-order valence-corrected chi connectivity index (χ2v) is 6.34. The van der Waals surface area contributed by atoms with Crippen LogP contribution in [-0.2, 0) is 11.2 Å². The average Bonchev–Trinajstić information content (AvgIpc) is 2.48. The van der Waals surface area contributed by atoms with E-state index in [2.05, 4.69) is 43.4 Å². The Morgan fingerprint density at radius 1 is 1.33 bits per heavy atom. The zero-order valence-electron chi connectivity index (χ0n) is 13.1. The van der Waals surface area contributed by atoms with Gasteiger partial charge in [0.05, 0.1) is 0 Å². The van der Waals surface area contributed by atoms with Crippen molar-refractivity contribution in [2.75, 3.05) is 18.0 Å². The molecule has 1 N–H and O–H groups in total. The summed E-state index contributed by atoms with van der Waals surface area (Å²) in [6.07, 6.45) is 4.42. The van der Waals surface area contributed by atoms with E-state index in [0.717, 1.165) is 31.6 Å². The predicted octanol–water partition coefficient (Wildman–Crippen LogP) is 3.00. The van der Waals surface area contributed by atoms with E-state index >= 15 is 0 Å². The number of nitrogens with one attached hydrogen (secondary N) is 1. The fourth-order valence-electron chi connectivity index (χ4n) is 3.52. The van der Waals surface area contributed by atoms with Gasteiger partial charge in [0.15, 0.2) is 0 Å². The van der Waals surface area contributed by atoms with Crippen molar-refractivity contribution in [1.82, 2.24) is 5.32 Å². The number of anilines is 1. The van der Waals surface area contributed by atoms with Crippen molar-refractivity contribution in [3.63, 3.8) is 0 Å². The monoisotopic (exact) mass is 284 g/mol. The van der Waals surface area contributed by atoms with Gasteiger partial charge >= 0.3 is 0 Å². The first-order valence-corrected chi connectivity index (χ1v) is 7.90. The summed E-state index contributed by atoms with van der Waals surface area (Å²) in [7, 11) is 0. The second kappa shape index (κ2) is 5.64. The summed E-state index contributed by atoms with van der Waals surface area (Å²) in [5.74, 6) is 0.641. The van der Waals surface area contributed by atoms with E-state index in [1.54, 1.807) is 6.92 Å². The van der Waals surface area contributed by atoms with Crippen LogP contribution < -0.4 is 10.2 Å². The molecule has 112 valence electrons. The van der Waals surface area contributed by atoms with E-state index in [-0.39, 0.29) is 11.9 Å². The molecule has 0 unspecified atom stereocenters. The van der Waals surface area contributed by atoms with Gasteiger partial charge in [-0.25, -0.2) is 0 Å². The first-order chi connectivity index (χ1) is 10.1. The van der Waals surface area contributed by atoms with Crippen LogP contribution in [0.2, 0.25) is 0 Å². The number of rotatable bonds is 1. The molecule has 2 atom stereocenters. The molecule has 3 nitrogen and oxygen atoms in total. The number of carbonyl (C=O) groups excluding carboxylic acids is 1. The molecule has 3 rings (SSSR count). The van der Waals surface area contributed by atoms with Crippen molar-refractivity contribution in [2.45, 2.75) is 39.7 Å². The van der Waals surface area contributed by atoms with E-state index < -0.39 is 0 Å². The van der Waals surface area contributed by atoms with Crippen molar-refractivity contribution in [3.05, 3.63) is 35.4 Å². The first-order valence-electron chi connectivity index (χ1n) is 7.90. The van der Waals surface area contributed by atoms with Gasteiger partial charge in [0.25, 0.3) is 0 Å². The Bertz CT molecular complexity index is 591. The van der Waals surface area contributed by atoms with Gasteiger partial charge < -0.3 is 10.2 Å². The maximum Gasteiger partial charge on any atom is 0.224 e. The quantitative estimate of drug-likeness (QED) is 0.860. The molecule has 0 saturated heterocycles. The highest BCUT2D eigenvalue weighted by Crippen LogP contribution is 2.36. The third kappa shape index (κ3) is 2.62. The Kier molecular flexibility index (Phi) is 3.85. The highest BCUT2D eigenvalue weighted by Gasteiger charge is 2.31. The third-order valence-corrected chi connectivity index (χ3v) is 4.89. The molecule has 0 fully saturated rings. The van der Waals surface area contributed by atoms with Gasteiger partial charge in [-0.1, -0.05) is 19.1 Å². The van der Waals surface area contributed by atoms with Gasteiger partial charge in [0.1, 0.15) is 0 Å². The normalized spacial score (nSPS) is 25.3. The molecule has 2 aliphatic rings. The summed E-state index contributed by atoms with van der Waals surface area (Å²) < 4.78 is 0. The number of nitrogens with zero attached hydrogens (tertiary/aromatic N) is 1. The third-order valence-electron chi connectivity index (χ3n) is 4.89. The van der Waals surface area contributed by atoms with Crippen molar-refractivity contribution in [1.29, 1.82) is 0 Å². The molecule has 0 saturated carbocycles. The van der Waals surface area contributed by atoms with Gasteiger partial charge in [-0.2, -0.15) is 0 Å². The first kappa shape index (κ1) is 14.3. The standard InChI is InChI=1S/C18H24N2O/c1-12-10-17-11-16(15-6-8-19-9-7-15)4-5-18(17)20(13(12)2)14(3)21/h4-6,11-13,19H,7-10H2,1-3H3/t12-,13+/m1/s1. The van der Waals surface area contributed by atoms with Gasteiger partial charge in [0.2, 0.25) is 5.91 Å². The molecule has 0 spiro atoms. The van der Waals surface area contributed by atoms with Crippen LogP contribution in [0.15, 0.2) is 24.3 Å². The topological polar surface area (TPSA) is 32.3 Å². The van der Waals surface area contributed by atoms with Crippen molar-refractivity contribution >= 4 is 17.2 Å². The SMILES string of the molecule is CC(=O)N1c2ccc(C3=CCNCC3)cc2C[C@@H](C)[C@@H]1C. The van der Waals surface area contributed by atoms with Gasteiger partial charge in [0, 0.05) is 25.2 Å². The van der Waals surface area contributed by atoms with Gasteiger partial charge in [-0.05, 0) is 61.1 Å². The Morgan fingerprint density at radius 3 is 2.81 bits per heavy atom. The molecule has 3 heteroatoms. The van der Waals surface area contributed by atoms with Crippen LogP contribution in [0, 0.1) is 5.92 Å². The molecule has 0 aromatic heterocycles. The molecule has 2 aliphatic heterocycles. The minimum atomic E-state index is 0.143. The van der Waals surface area contributed by atoms with Crippen molar-refractivity contribution in [3.8, 4) is 0 Å². The van der Waals surface area contributed by atoms with Crippen LogP contribution in [0.4, 0.5) is 5.69 Å². The molecule has 21 heavy (non-hydrogen) atoms. The highest BCUT2D eigenvalue weighted by atomic mass is 16.2. The fraction of sp³-hybridized carbons (Fsp3) is 0.500. The second-order valence-electron chi connectivity index (χ2n) is 6.34. The number of carbonyl (C=O) groups is 1. The number of fused-ring (bicyclic) bond motifs is 1. The lowest BCUT2D eigenvalue weighted by atomic mass is 9.85. The Morgan fingerprint density at radius 2 is 2.14 bits per heavy atom. The molecule has 0 radical (unpaired) electrons. The summed E-state index contributed by atoms with van der Waals surface area (Å²) in [5.41, 5.74) is 5.16. The lowest BCUT2D eigenvalue weighted by molar-refractivity contribution is -0.117. The summed E-state index contributed by atoms with van der Waals surface area (Å²) in [6, 6.07) is 6.88. The maximum absolute atomic E-state index is 12.0. The molecule has 2 heterocycles. The molecule has 1 aromatic carbocycles. The van der Waals surface area contributed by atoms with E-state index in [0.29, 0.717) is 5.92 Å². The van der Waals surface area contributed by atoms with E-state index in [4.69, 9.17) is 0 Å². The Labute approximate surface area is 127 Å². The molecule has 1 aromatic rings. The van der Waals surface area contributed by atoms with Crippen LogP contribution >= 0.6 is 0 Å². The maximum atomic E-state index is 12.0. The molecular formula is C18H24N2O. The zero-order valence-corrected chi connectivity index (χ0v) is 13.1. The largest absolute Gasteiger partial charge is 0.313 e.